The summed E-state index contributed by atoms with van der Waals surface area (Å²) in [6.07, 6.45) is 11.9. The molecule has 0 aliphatic heterocycles. The number of fused-ring (bicyclic) bond motifs is 1. The average Bonchev–Trinajstić information content (AvgIpc) is 3.08. The predicted molar refractivity (Wildman–Crippen MR) is 107 cm³/mol. The van der Waals surface area contributed by atoms with Crippen LogP contribution >= 0.6 is 22.7 Å². The molecule has 0 aromatic carbocycles. The molecule has 0 bridgehead atoms. The van der Waals surface area contributed by atoms with Gasteiger partial charge in [-0.1, -0.05) is 77.1 Å². The molecule has 2 aromatic rings. The highest BCUT2D eigenvalue weighted by atomic mass is 32.1. The lowest BCUT2D eigenvalue weighted by atomic mass is 10.1. The normalized spacial score (nSPS) is 12.8. The minimum absolute atomic E-state index is 0.696. The van der Waals surface area contributed by atoms with Crippen molar-refractivity contribution in [3.8, 4) is 5.06 Å². The number of hydrogen-bond donors (Lipinski definition) is 0. The first-order valence-electron chi connectivity index (χ1n) is 9.40. The lowest BCUT2D eigenvalue weighted by Gasteiger charge is -2.06. The van der Waals surface area contributed by atoms with Crippen molar-refractivity contribution in [3.63, 3.8) is 0 Å². The van der Waals surface area contributed by atoms with Crippen molar-refractivity contribution in [1.82, 2.24) is 0 Å². The number of rotatable bonds is 12. The smallest absolute Gasteiger partial charge is 0.175 e. The molecule has 0 fully saturated rings. The Morgan fingerprint density at radius 2 is 1.57 bits per heavy atom. The summed E-state index contributed by atoms with van der Waals surface area (Å²) < 4.78 is 8.76. The van der Waals surface area contributed by atoms with Crippen LogP contribution in [0.5, 0.6) is 5.06 Å². The molecule has 0 N–H and O–H groups in total. The summed E-state index contributed by atoms with van der Waals surface area (Å²) in [4.78, 5) is 1.53. The van der Waals surface area contributed by atoms with E-state index in [1.807, 2.05) is 22.7 Å². The van der Waals surface area contributed by atoms with E-state index in [0.29, 0.717) is 5.92 Å². The molecule has 2 heterocycles. The fraction of sp³-hybridized carbons (Fsp3) is 0.700. The molecule has 1 unspecified atom stereocenters. The Morgan fingerprint density at radius 1 is 0.870 bits per heavy atom. The Labute approximate surface area is 150 Å². The van der Waals surface area contributed by atoms with Crippen LogP contribution in [0.25, 0.3) is 9.40 Å². The fourth-order valence-electron chi connectivity index (χ4n) is 2.95. The van der Waals surface area contributed by atoms with Gasteiger partial charge in [0, 0.05) is 20.3 Å². The Bertz CT molecular complexity index is 523. The molecule has 1 atom stereocenters. The van der Waals surface area contributed by atoms with Crippen LogP contribution in [0.4, 0.5) is 0 Å². The average molecular weight is 353 g/mol. The van der Waals surface area contributed by atoms with Gasteiger partial charge in [-0.2, -0.15) is 0 Å². The summed E-state index contributed by atoms with van der Waals surface area (Å²) in [5, 5.41) is 1.10. The monoisotopic (exact) mass is 352 g/mol. The predicted octanol–water partition coefficient (Wildman–Crippen LogP) is 8.00. The van der Waals surface area contributed by atoms with Gasteiger partial charge in [-0.15, -0.1) is 11.3 Å². The summed E-state index contributed by atoms with van der Waals surface area (Å²) in [6, 6.07) is 4.62. The maximum absolute atomic E-state index is 5.95. The van der Waals surface area contributed by atoms with Crippen molar-refractivity contribution in [2.75, 3.05) is 6.61 Å². The van der Waals surface area contributed by atoms with E-state index in [9.17, 15) is 0 Å². The van der Waals surface area contributed by atoms with Crippen LogP contribution in [0.3, 0.4) is 0 Å². The van der Waals surface area contributed by atoms with Gasteiger partial charge in [0.05, 0.1) is 6.61 Å². The molecule has 2 aromatic heterocycles. The zero-order valence-electron chi connectivity index (χ0n) is 15.0. The zero-order valence-corrected chi connectivity index (χ0v) is 16.7. The van der Waals surface area contributed by atoms with Crippen LogP contribution in [0.15, 0.2) is 12.1 Å². The van der Waals surface area contributed by atoms with Crippen molar-refractivity contribution in [3.05, 3.63) is 17.0 Å². The van der Waals surface area contributed by atoms with Gasteiger partial charge in [-0.25, -0.2) is 0 Å². The summed E-state index contributed by atoms with van der Waals surface area (Å²) in [5.41, 5.74) is 0. The second-order valence-electron chi connectivity index (χ2n) is 6.60. The van der Waals surface area contributed by atoms with Crippen molar-refractivity contribution in [2.24, 2.45) is 0 Å². The van der Waals surface area contributed by atoms with E-state index in [1.165, 1.54) is 72.1 Å². The van der Waals surface area contributed by atoms with Crippen LogP contribution in [-0.4, -0.2) is 6.61 Å². The first-order valence-corrected chi connectivity index (χ1v) is 11.0. The molecular weight excluding hydrogens is 320 g/mol. The maximum atomic E-state index is 5.95. The van der Waals surface area contributed by atoms with E-state index in [0.717, 1.165) is 11.7 Å². The standard InChI is InChI=1S/C20H32OS2/c1-4-6-7-8-9-10-11-13-21-20-15-19-18(23-20)14-17(22-19)16(3)12-5-2/h14-16H,4-13H2,1-3H3. The van der Waals surface area contributed by atoms with Gasteiger partial charge >= 0.3 is 0 Å². The summed E-state index contributed by atoms with van der Waals surface area (Å²) in [7, 11) is 0. The SMILES string of the molecule is CCCCCCCCCOc1cc2sc(C(C)CCC)cc2s1. The van der Waals surface area contributed by atoms with Gasteiger partial charge in [0.2, 0.25) is 0 Å². The minimum Gasteiger partial charge on any atom is -0.484 e. The first kappa shape index (κ1) is 18.8. The molecule has 0 saturated heterocycles. The largest absolute Gasteiger partial charge is 0.484 e. The molecule has 0 saturated carbocycles. The number of unbranched alkanes of at least 4 members (excludes halogenated alkanes) is 6. The van der Waals surface area contributed by atoms with Crippen molar-refractivity contribution in [1.29, 1.82) is 0 Å². The zero-order chi connectivity index (χ0) is 16.5. The Hall–Kier alpha value is -0.540. The topological polar surface area (TPSA) is 9.23 Å². The first-order chi connectivity index (χ1) is 11.2. The van der Waals surface area contributed by atoms with Gasteiger partial charge in [0.25, 0.3) is 0 Å². The molecule has 2 rings (SSSR count). The van der Waals surface area contributed by atoms with Gasteiger partial charge < -0.3 is 4.74 Å². The van der Waals surface area contributed by atoms with Crippen LogP contribution in [0.2, 0.25) is 0 Å². The maximum Gasteiger partial charge on any atom is 0.175 e. The third-order valence-electron chi connectivity index (χ3n) is 4.40. The molecule has 0 amide bonds. The molecule has 0 aliphatic rings. The molecule has 0 aliphatic carbocycles. The molecule has 0 radical (unpaired) electrons. The molecule has 23 heavy (non-hydrogen) atoms. The van der Waals surface area contributed by atoms with Crippen LogP contribution in [0, 0.1) is 0 Å². The van der Waals surface area contributed by atoms with E-state index in [1.54, 1.807) is 0 Å². The summed E-state index contributed by atoms with van der Waals surface area (Å²) in [6.45, 7) is 7.76. The highest BCUT2D eigenvalue weighted by molar-refractivity contribution is 7.28. The molecule has 3 heteroatoms. The molecule has 1 nitrogen and oxygen atoms in total. The Morgan fingerprint density at radius 3 is 2.26 bits per heavy atom. The second-order valence-corrected chi connectivity index (χ2v) is 8.76. The van der Waals surface area contributed by atoms with Gasteiger partial charge in [-0.05, 0) is 24.8 Å². The van der Waals surface area contributed by atoms with Crippen molar-refractivity contribution < 1.29 is 4.74 Å². The van der Waals surface area contributed by atoms with E-state index in [2.05, 4.69) is 32.9 Å². The highest BCUT2D eigenvalue weighted by Gasteiger charge is 2.12. The third-order valence-corrected chi connectivity index (χ3v) is 6.84. The Balaban J connectivity index is 1.69. The van der Waals surface area contributed by atoms with E-state index < -0.39 is 0 Å². The highest BCUT2D eigenvalue weighted by Crippen LogP contribution is 2.40. The van der Waals surface area contributed by atoms with Gasteiger partial charge in [0.15, 0.2) is 5.06 Å². The summed E-state index contributed by atoms with van der Waals surface area (Å²) in [5.74, 6) is 0.696. The van der Waals surface area contributed by atoms with E-state index >= 15 is 0 Å². The van der Waals surface area contributed by atoms with E-state index in [-0.39, 0.29) is 0 Å². The minimum atomic E-state index is 0.696. The van der Waals surface area contributed by atoms with Crippen molar-refractivity contribution in [2.45, 2.75) is 84.5 Å². The molecular formula is C20H32OS2. The second kappa shape index (κ2) is 10.4. The summed E-state index contributed by atoms with van der Waals surface area (Å²) >= 11 is 3.77. The number of ether oxygens (including phenoxy) is 1. The van der Waals surface area contributed by atoms with E-state index in [4.69, 9.17) is 4.74 Å². The van der Waals surface area contributed by atoms with Gasteiger partial charge in [-0.3, -0.25) is 0 Å². The fourth-order valence-corrected chi connectivity index (χ4v) is 5.31. The molecule has 130 valence electrons. The Kier molecular flexibility index (Phi) is 8.46. The van der Waals surface area contributed by atoms with Gasteiger partial charge in [0.1, 0.15) is 0 Å². The van der Waals surface area contributed by atoms with Crippen LogP contribution < -0.4 is 4.74 Å². The molecule has 0 spiro atoms. The van der Waals surface area contributed by atoms with Crippen LogP contribution in [0.1, 0.15) is 89.4 Å². The third kappa shape index (κ3) is 6.11. The lowest BCUT2D eigenvalue weighted by molar-refractivity contribution is 0.313. The number of thiophene rings is 2. The lowest BCUT2D eigenvalue weighted by Crippen LogP contribution is -1.95. The van der Waals surface area contributed by atoms with Crippen LogP contribution in [-0.2, 0) is 0 Å². The van der Waals surface area contributed by atoms with Crippen molar-refractivity contribution >= 4 is 32.1 Å². The number of hydrogen-bond acceptors (Lipinski definition) is 3. The quantitative estimate of drug-likeness (QED) is 0.352.